The third-order valence-electron chi connectivity index (χ3n) is 9.55. The first kappa shape index (κ1) is 38.0. The largest absolute Gasteiger partial charge is 0.478 e. The van der Waals surface area contributed by atoms with Crippen LogP contribution in [0, 0.1) is 25.2 Å². The van der Waals surface area contributed by atoms with Crippen LogP contribution in [0.4, 0.5) is 10.7 Å². The Balaban J connectivity index is 1.30. The molecule has 1 aliphatic carbocycles. The van der Waals surface area contributed by atoms with Gasteiger partial charge in [-0.3, -0.25) is 0 Å². The number of carbonyl (C=O) groups excluding carboxylic acids is 1. The molecule has 3 aromatic rings. The van der Waals surface area contributed by atoms with Crippen LogP contribution in [0.2, 0.25) is 0 Å². The lowest BCUT2D eigenvalue weighted by atomic mass is 9.60. The van der Waals surface area contributed by atoms with Crippen LogP contribution in [0.1, 0.15) is 88.2 Å². The molecule has 1 amide bonds. The molecule has 276 valence electrons. The van der Waals surface area contributed by atoms with E-state index in [9.17, 15) is 23.1 Å². The molecule has 1 saturated carbocycles. The van der Waals surface area contributed by atoms with Crippen molar-refractivity contribution in [1.29, 1.82) is 0 Å². The van der Waals surface area contributed by atoms with Crippen LogP contribution in [0.5, 0.6) is 5.88 Å². The molecule has 2 fully saturated rings. The summed E-state index contributed by atoms with van der Waals surface area (Å²) in [4.78, 5) is 34.7. The van der Waals surface area contributed by atoms with E-state index in [-0.39, 0.29) is 39.8 Å². The van der Waals surface area contributed by atoms with Crippen molar-refractivity contribution in [2.75, 3.05) is 24.4 Å². The molecule has 1 spiro atoms. The predicted octanol–water partition coefficient (Wildman–Crippen LogP) is 6.82. The molecule has 2 heterocycles. The van der Waals surface area contributed by atoms with E-state index >= 15 is 0 Å². The van der Waals surface area contributed by atoms with Gasteiger partial charge in [-0.05, 0) is 107 Å². The van der Waals surface area contributed by atoms with Gasteiger partial charge in [0.25, 0.3) is 10.0 Å². The van der Waals surface area contributed by atoms with Crippen LogP contribution in [0.3, 0.4) is 0 Å². The fourth-order valence-electron chi connectivity index (χ4n) is 7.14. The van der Waals surface area contributed by atoms with Crippen molar-refractivity contribution >= 4 is 28.0 Å². The minimum Gasteiger partial charge on any atom is -0.478 e. The number of sulfonamides is 1. The summed E-state index contributed by atoms with van der Waals surface area (Å²) in [6, 6.07) is 13.0. The summed E-state index contributed by atoms with van der Waals surface area (Å²) in [5.41, 5.74) is 2.81. The summed E-state index contributed by atoms with van der Waals surface area (Å²) in [6.45, 7) is 15.6. The lowest BCUT2D eigenvalue weighted by Crippen LogP contribution is -2.57. The average Bonchev–Trinajstić information content (AvgIpc) is 3.02. The fraction of sp³-hybridized carbons (Fsp3) is 0.526. The van der Waals surface area contributed by atoms with Crippen LogP contribution in [0.25, 0.3) is 11.3 Å². The summed E-state index contributed by atoms with van der Waals surface area (Å²) >= 11 is 0. The number of rotatable bonds is 12. The molecule has 2 aromatic carbocycles. The number of hydrogen-bond acceptors (Lipinski definition) is 9. The zero-order valence-corrected chi connectivity index (χ0v) is 31.5. The van der Waals surface area contributed by atoms with Crippen molar-refractivity contribution in [2.24, 2.45) is 11.3 Å². The third kappa shape index (κ3) is 9.76. The number of anilines is 1. The number of amides is 1. The van der Waals surface area contributed by atoms with Crippen LogP contribution < -0.4 is 14.8 Å². The molecule has 1 aromatic heterocycles. The Morgan fingerprint density at radius 1 is 1.02 bits per heavy atom. The Morgan fingerprint density at radius 3 is 2.27 bits per heavy atom. The van der Waals surface area contributed by atoms with Crippen molar-refractivity contribution < 1.29 is 32.6 Å². The van der Waals surface area contributed by atoms with E-state index in [1.165, 1.54) is 18.2 Å². The van der Waals surface area contributed by atoms with Crippen molar-refractivity contribution in [3.63, 3.8) is 0 Å². The van der Waals surface area contributed by atoms with Gasteiger partial charge in [0, 0.05) is 36.8 Å². The molecule has 1 unspecified atom stereocenters. The zero-order chi connectivity index (χ0) is 37.1. The van der Waals surface area contributed by atoms with E-state index in [0.717, 1.165) is 54.9 Å². The highest BCUT2D eigenvalue weighted by molar-refractivity contribution is 7.92. The Bertz CT molecular complexity index is 1820. The van der Waals surface area contributed by atoms with Crippen LogP contribution in [-0.2, 0) is 14.8 Å². The van der Waals surface area contributed by atoms with E-state index in [1.807, 2.05) is 57.7 Å². The van der Waals surface area contributed by atoms with Gasteiger partial charge in [-0.25, -0.2) is 27.7 Å². The number of carboxylic acid groups (broad SMARTS) is 1. The topological polar surface area (TPSA) is 160 Å². The second-order valence-electron chi connectivity index (χ2n) is 15.5. The molecule has 13 heteroatoms. The highest BCUT2D eigenvalue weighted by Crippen LogP contribution is 2.49. The average molecular weight is 722 g/mol. The number of hydrogen-bond donors (Lipinski definition) is 3. The maximum absolute atomic E-state index is 13.4. The lowest BCUT2D eigenvalue weighted by Gasteiger charge is -2.53. The number of carboxylic acids is 1. The molecule has 2 aliphatic rings. The predicted molar refractivity (Wildman–Crippen MR) is 196 cm³/mol. The van der Waals surface area contributed by atoms with Gasteiger partial charge in [-0.15, -0.1) is 0 Å². The molecule has 3 N–H and O–H groups in total. The summed E-state index contributed by atoms with van der Waals surface area (Å²) in [6.07, 6.45) is 4.60. The number of aromatic nitrogens is 2. The summed E-state index contributed by atoms with van der Waals surface area (Å²) in [7, 11) is -4.23. The molecular formula is C38H51N5O7S. The first-order valence-electron chi connectivity index (χ1n) is 17.6. The zero-order valence-electron chi connectivity index (χ0n) is 30.7. The number of likely N-dealkylation sites (tertiary alicyclic amines) is 1. The maximum atomic E-state index is 13.4. The van der Waals surface area contributed by atoms with E-state index < -0.39 is 21.6 Å². The molecule has 5 rings (SSSR count). The SMILES string of the molecule is Cc1cccc(C)c1-c1cc(OCC(CC(C)C)NC2CC3(CCN(C(=O)OC(C)(C)C)CC3)C2)nc(NS(=O)(=O)c2cccc(C(=O)O)c2)n1. The highest BCUT2D eigenvalue weighted by Gasteiger charge is 2.47. The Hall–Kier alpha value is -4.23. The number of nitrogens with zero attached hydrogens (tertiary/aromatic N) is 3. The number of ether oxygens (including phenoxy) is 2. The van der Waals surface area contributed by atoms with Gasteiger partial charge in [0.1, 0.15) is 12.2 Å². The summed E-state index contributed by atoms with van der Waals surface area (Å²) in [5, 5.41) is 13.2. The quantitative estimate of drug-likeness (QED) is 0.181. The number of benzene rings is 2. The van der Waals surface area contributed by atoms with Crippen molar-refractivity contribution in [2.45, 2.75) is 103 Å². The monoisotopic (exact) mass is 721 g/mol. The highest BCUT2D eigenvalue weighted by atomic mass is 32.2. The molecular weight excluding hydrogens is 671 g/mol. The standard InChI is InChI=1S/C38H51N5O7S/c1-24(2)18-28(39-29-21-38(22-29)14-16-43(17-15-38)36(46)50-37(5,6)7)23-49-32-20-31(33-25(3)10-8-11-26(33)4)40-35(41-32)42-51(47,48)30-13-9-12-27(19-30)34(44)45/h8-13,19-20,24,28-29,39H,14-18,21-23H2,1-7H3,(H,44,45)(H,40,41,42). The smallest absolute Gasteiger partial charge is 0.410 e. The first-order chi connectivity index (χ1) is 23.9. The van der Waals surface area contributed by atoms with E-state index in [2.05, 4.69) is 33.9 Å². The van der Waals surface area contributed by atoms with Gasteiger partial charge in [-0.2, -0.15) is 4.98 Å². The van der Waals surface area contributed by atoms with Crippen LogP contribution >= 0.6 is 0 Å². The maximum Gasteiger partial charge on any atom is 0.410 e. The minimum atomic E-state index is -4.23. The molecule has 1 atom stereocenters. The molecule has 1 saturated heterocycles. The van der Waals surface area contributed by atoms with Gasteiger partial charge in [-0.1, -0.05) is 38.1 Å². The normalized spacial score (nSPS) is 16.8. The summed E-state index contributed by atoms with van der Waals surface area (Å²) < 4.78 is 41.1. The van der Waals surface area contributed by atoms with Crippen molar-refractivity contribution in [3.05, 3.63) is 65.2 Å². The lowest BCUT2D eigenvalue weighted by molar-refractivity contribution is -0.0192. The van der Waals surface area contributed by atoms with Crippen molar-refractivity contribution in [3.8, 4) is 17.1 Å². The van der Waals surface area contributed by atoms with Gasteiger partial charge in [0.2, 0.25) is 11.8 Å². The van der Waals surface area contributed by atoms with Gasteiger partial charge in [0.05, 0.1) is 16.2 Å². The van der Waals surface area contributed by atoms with Gasteiger partial charge >= 0.3 is 12.1 Å². The Morgan fingerprint density at radius 2 is 1.67 bits per heavy atom. The molecule has 0 radical (unpaired) electrons. The van der Waals surface area contributed by atoms with Crippen molar-refractivity contribution in [1.82, 2.24) is 20.2 Å². The first-order valence-corrected chi connectivity index (χ1v) is 19.1. The van der Waals surface area contributed by atoms with E-state index in [4.69, 9.17) is 9.47 Å². The van der Waals surface area contributed by atoms with Gasteiger partial charge in [0.15, 0.2) is 0 Å². The number of piperidine rings is 1. The molecule has 51 heavy (non-hydrogen) atoms. The Labute approximate surface area is 301 Å². The van der Waals surface area contributed by atoms with Crippen LogP contribution in [-0.4, -0.2) is 77.8 Å². The van der Waals surface area contributed by atoms with E-state index in [0.29, 0.717) is 37.4 Å². The Kier molecular flexibility index (Phi) is 11.3. The van der Waals surface area contributed by atoms with E-state index in [1.54, 1.807) is 6.07 Å². The number of carbonyl (C=O) groups is 2. The second-order valence-corrected chi connectivity index (χ2v) is 17.2. The molecule has 12 nitrogen and oxygen atoms in total. The number of aryl methyl sites for hydroxylation is 2. The van der Waals surface area contributed by atoms with Gasteiger partial charge < -0.3 is 24.8 Å². The fourth-order valence-corrected chi connectivity index (χ4v) is 8.13. The number of aromatic carboxylic acids is 1. The van der Waals surface area contributed by atoms with Crippen LogP contribution in [0.15, 0.2) is 53.4 Å². The minimum absolute atomic E-state index is 0.0201. The summed E-state index contributed by atoms with van der Waals surface area (Å²) in [5.74, 6) is -0.800. The third-order valence-corrected chi connectivity index (χ3v) is 10.9. The second kappa shape index (κ2) is 15.2. The molecule has 1 aliphatic heterocycles. The molecule has 0 bridgehead atoms. The number of nitrogens with one attached hydrogen (secondary N) is 2.